The van der Waals surface area contributed by atoms with E-state index in [2.05, 4.69) is 24.2 Å². The maximum atomic E-state index is 5.77. The number of ether oxygens (including phenoxy) is 1. The van der Waals surface area contributed by atoms with Gasteiger partial charge < -0.3 is 10.1 Å². The summed E-state index contributed by atoms with van der Waals surface area (Å²) in [7, 11) is 2.07. The van der Waals surface area contributed by atoms with Crippen molar-refractivity contribution >= 4 is 0 Å². The normalized spacial score (nSPS) is 35.6. The van der Waals surface area contributed by atoms with E-state index in [0.29, 0.717) is 18.2 Å². The number of nitrogens with one attached hydrogen (secondary N) is 1. The molecule has 0 saturated carbocycles. The van der Waals surface area contributed by atoms with Gasteiger partial charge in [0.15, 0.2) is 0 Å². The van der Waals surface area contributed by atoms with Gasteiger partial charge in [-0.15, -0.1) is 0 Å². The van der Waals surface area contributed by atoms with Gasteiger partial charge in [-0.1, -0.05) is 0 Å². The molecule has 0 aromatic heterocycles. The first kappa shape index (κ1) is 11.4. The first-order valence-electron chi connectivity index (χ1n) is 6.34. The molecule has 0 spiro atoms. The van der Waals surface area contributed by atoms with E-state index in [1.807, 2.05) is 0 Å². The Labute approximate surface area is 93.2 Å². The van der Waals surface area contributed by atoms with Crippen LogP contribution in [0.1, 0.15) is 32.6 Å². The number of hydrogen-bond acceptors (Lipinski definition) is 3. The molecule has 3 unspecified atom stereocenters. The minimum Gasteiger partial charge on any atom is -0.377 e. The van der Waals surface area contributed by atoms with Crippen molar-refractivity contribution in [3.8, 4) is 0 Å². The molecular weight excluding hydrogens is 188 g/mol. The van der Waals surface area contributed by atoms with E-state index >= 15 is 0 Å². The Morgan fingerprint density at radius 3 is 2.87 bits per heavy atom. The SMILES string of the molecule is CNC1CCCN(C(C)C2CCCO2)C1. The third-order valence-corrected chi connectivity index (χ3v) is 3.94. The molecule has 3 heteroatoms. The summed E-state index contributed by atoms with van der Waals surface area (Å²) in [6.45, 7) is 5.74. The fourth-order valence-electron chi connectivity index (χ4n) is 2.83. The van der Waals surface area contributed by atoms with Crippen molar-refractivity contribution in [1.82, 2.24) is 10.2 Å². The Morgan fingerprint density at radius 2 is 2.20 bits per heavy atom. The predicted molar refractivity (Wildman–Crippen MR) is 62.1 cm³/mol. The summed E-state index contributed by atoms with van der Waals surface area (Å²) in [6.07, 6.45) is 5.63. The van der Waals surface area contributed by atoms with E-state index < -0.39 is 0 Å². The van der Waals surface area contributed by atoms with E-state index in [0.717, 1.165) is 6.61 Å². The summed E-state index contributed by atoms with van der Waals surface area (Å²) >= 11 is 0. The molecule has 2 saturated heterocycles. The average Bonchev–Trinajstić information content (AvgIpc) is 2.81. The van der Waals surface area contributed by atoms with Gasteiger partial charge in [0.05, 0.1) is 6.10 Å². The minimum atomic E-state index is 0.487. The Morgan fingerprint density at radius 1 is 1.33 bits per heavy atom. The minimum absolute atomic E-state index is 0.487. The number of hydrogen-bond donors (Lipinski definition) is 1. The highest BCUT2D eigenvalue weighted by Crippen LogP contribution is 2.22. The Bertz CT molecular complexity index is 192. The van der Waals surface area contributed by atoms with Crippen LogP contribution in [-0.2, 0) is 4.74 Å². The third-order valence-electron chi connectivity index (χ3n) is 3.94. The molecule has 0 aliphatic carbocycles. The maximum absolute atomic E-state index is 5.77. The van der Waals surface area contributed by atoms with Crippen LogP contribution in [0.25, 0.3) is 0 Å². The Hall–Kier alpha value is -0.120. The highest BCUT2D eigenvalue weighted by Gasteiger charge is 2.30. The molecule has 15 heavy (non-hydrogen) atoms. The topological polar surface area (TPSA) is 24.5 Å². The quantitative estimate of drug-likeness (QED) is 0.762. The van der Waals surface area contributed by atoms with Gasteiger partial charge in [0.1, 0.15) is 0 Å². The molecule has 0 amide bonds. The lowest BCUT2D eigenvalue weighted by atomic mass is 10.0. The summed E-state index contributed by atoms with van der Waals surface area (Å²) in [5.74, 6) is 0. The number of nitrogens with zero attached hydrogens (tertiary/aromatic N) is 1. The van der Waals surface area contributed by atoms with Crippen LogP contribution in [0.5, 0.6) is 0 Å². The largest absolute Gasteiger partial charge is 0.377 e. The second kappa shape index (κ2) is 5.28. The summed E-state index contributed by atoms with van der Waals surface area (Å²) < 4.78 is 5.77. The Kier molecular flexibility index (Phi) is 4.00. The number of piperidine rings is 1. The Balaban J connectivity index is 1.85. The molecule has 3 atom stereocenters. The average molecular weight is 212 g/mol. The molecule has 2 rings (SSSR count). The number of likely N-dealkylation sites (tertiary alicyclic amines) is 1. The maximum Gasteiger partial charge on any atom is 0.0728 e. The van der Waals surface area contributed by atoms with Crippen molar-refractivity contribution in [2.75, 3.05) is 26.7 Å². The molecule has 2 aliphatic heterocycles. The van der Waals surface area contributed by atoms with Crippen LogP contribution in [0.4, 0.5) is 0 Å². The fraction of sp³-hybridized carbons (Fsp3) is 1.00. The van der Waals surface area contributed by atoms with Gasteiger partial charge in [0.2, 0.25) is 0 Å². The van der Waals surface area contributed by atoms with Gasteiger partial charge in [-0.2, -0.15) is 0 Å². The highest BCUT2D eigenvalue weighted by molar-refractivity contribution is 4.85. The van der Waals surface area contributed by atoms with Gasteiger partial charge in [-0.3, -0.25) is 4.90 Å². The highest BCUT2D eigenvalue weighted by atomic mass is 16.5. The molecule has 0 radical (unpaired) electrons. The van der Waals surface area contributed by atoms with Crippen LogP contribution in [0.2, 0.25) is 0 Å². The molecule has 88 valence electrons. The van der Waals surface area contributed by atoms with E-state index in [1.165, 1.54) is 38.8 Å². The van der Waals surface area contributed by atoms with Gasteiger partial charge in [-0.05, 0) is 46.2 Å². The van der Waals surface area contributed by atoms with Gasteiger partial charge >= 0.3 is 0 Å². The molecule has 0 bridgehead atoms. The van der Waals surface area contributed by atoms with Crippen LogP contribution in [0, 0.1) is 0 Å². The second-order valence-corrected chi connectivity index (χ2v) is 4.91. The fourth-order valence-corrected chi connectivity index (χ4v) is 2.83. The molecule has 2 fully saturated rings. The van der Waals surface area contributed by atoms with Crippen LogP contribution in [0.3, 0.4) is 0 Å². The first-order chi connectivity index (χ1) is 7.31. The van der Waals surface area contributed by atoms with Crippen molar-refractivity contribution < 1.29 is 4.74 Å². The zero-order valence-electron chi connectivity index (χ0n) is 10.0. The van der Waals surface area contributed by atoms with E-state index in [4.69, 9.17) is 4.74 Å². The molecule has 2 aliphatic rings. The van der Waals surface area contributed by atoms with Crippen molar-refractivity contribution in [2.24, 2.45) is 0 Å². The van der Waals surface area contributed by atoms with E-state index in [1.54, 1.807) is 0 Å². The lowest BCUT2D eigenvalue weighted by Gasteiger charge is -2.38. The second-order valence-electron chi connectivity index (χ2n) is 4.91. The predicted octanol–water partition coefficient (Wildman–Crippen LogP) is 1.24. The third kappa shape index (κ3) is 2.71. The molecule has 2 heterocycles. The van der Waals surface area contributed by atoms with Crippen LogP contribution >= 0.6 is 0 Å². The number of rotatable bonds is 3. The summed E-state index contributed by atoms with van der Waals surface area (Å²) in [5.41, 5.74) is 0. The number of likely N-dealkylation sites (N-methyl/N-ethyl adjacent to an activating group) is 1. The van der Waals surface area contributed by atoms with Gasteiger partial charge in [0.25, 0.3) is 0 Å². The monoisotopic (exact) mass is 212 g/mol. The van der Waals surface area contributed by atoms with E-state index in [9.17, 15) is 0 Å². The first-order valence-corrected chi connectivity index (χ1v) is 6.34. The van der Waals surface area contributed by atoms with Gasteiger partial charge in [-0.25, -0.2) is 0 Å². The standard InChI is InChI=1S/C12H24N2O/c1-10(12-6-4-8-15-12)14-7-3-5-11(9-14)13-2/h10-13H,3-9H2,1-2H3. The lowest BCUT2D eigenvalue weighted by molar-refractivity contribution is 0.0188. The lowest BCUT2D eigenvalue weighted by Crippen LogP contribution is -2.51. The van der Waals surface area contributed by atoms with Crippen LogP contribution < -0.4 is 5.32 Å². The van der Waals surface area contributed by atoms with Crippen molar-refractivity contribution in [3.05, 3.63) is 0 Å². The molecular formula is C12H24N2O. The smallest absolute Gasteiger partial charge is 0.0728 e. The summed E-state index contributed by atoms with van der Waals surface area (Å²) in [4.78, 5) is 2.60. The van der Waals surface area contributed by atoms with Crippen molar-refractivity contribution in [2.45, 2.75) is 50.8 Å². The van der Waals surface area contributed by atoms with Gasteiger partial charge in [0, 0.05) is 25.2 Å². The van der Waals surface area contributed by atoms with E-state index in [-0.39, 0.29) is 0 Å². The van der Waals surface area contributed by atoms with Crippen LogP contribution in [0.15, 0.2) is 0 Å². The molecule has 1 N–H and O–H groups in total. The zero-order valence-corrected chi connectivity index (χ0v) is 10.0. The summed E-state index contributed by atoms with van der Waals surface area (Å²) in [5, 5.41) is 3.40. The van der Waals surface area contributed by atoms with Crippen molar-refractivity contribution in [1.29, 1.82) is 0 Å². The molecule has 0 aromatic carbocycles. The molecule has 3 nitrogen and oxygen atoms in total. The summed E-state index contributed by atoms with van der Waals surface area (Å²) in [6, 6.07) is 1.28. The van der Waals surface area contributed by atoms with Crippen molar-refractivity contribution in [3.63, 3.8) is 0 Å². The zero-order chi connectivity index (χ0) is 10.7. The molecule has 0 aromatic rings. The van der Waals surface area contributed by atoms with Crippen LogP contribution in [-0.4, -0.2) is 49.8 Å².